The van der Waals surface area contributed by atoms with E-state index in [1.54, 1.807) is 0 Å². The van der Waals surface area contributed by atoms with Gasteiger partial charge in [0.25, 0.3) is 0 Å². The van der Waals surface area contributed by atoms with Gasteiger partial charge in [0.15, 0.2) is 0 Å². The Morgan fingerprint density at radius 2 is 2.18 bits per heavy atom. The molecule has 0 radical (unpaired) electrons. The summed E-state index contributed by atoms with van der Waals surface area (Å²) in [6.07, 6.45) is 4.05. The maximum atomic E-state index is 4.34. The lowest BCUT2D eigenvalue weighted by Gasteiger charge is -2.08. The fourth-order valence-corrected chi connectivity index (χ4v) is 1.98. The van der Waals surface area contributed by atoms with Crippen molar-refractivity contribution in [2.24, 2.45) is 0 Å². The fourth-order valence-electron chi connectivity index (χ4n) is 1.98. The van der Waals surface area contributed by atoms with Crippen molar-refractivity contribution in [2.75, 3.05) is 7.05 Å². The smallest absolute Gasteiger partial charge is 0.0568 e. The van der Waals surface area contributed by atoms with Gasteiger partial charge in [0.2, 0.25) is 0 Å². The van der Waals surface area contributed by atoms with Crippen LogP contribution in [0.15, 0.2) is 30.6 Å². The molecule has 1 aromatic heterocycles. The van der Waals surface area contributed by atoms with E-state index < -0.39 is 0 Å². The minimum absolute atomic E-state index is 0.882. The zero-order valence-electron chi connectivity index (χ0n) is 10.7. The van der Waals surface area contributed by atoms with Crippen molar-refractivity contribution in [3.63, 3.8) is 0 Å². The first-order valence-electron chi connectivity index (χ1n) is 6.01. The third kappa shape index (κ3) is 2.56. The highest BCUT2D eigenvalue weighted by Crippen LogP contribution is 2.24. The summed E-state index contributed by atoms with van der Waals surface area (Å²) < 4.78 is 1.96. The van der Waals surface area contributed by atoms with Gasteiger partial charge in [-0.15, -0.1) is 0 Å². The van der Waals surface area contributed by atoms with Crippen molar-refractivity contribution >= 4 is 0 Å². The van der Waals surface area contributed by atoms with Gasteiger partial charge in [0.05, 0.1) is 6.20 Å². The van der Waals surface area contributed by atoms with Crippen molar-refractivity contribution in [2.45, 2.75) is 26.9 Å². The standard InChI is InChI=1S/C14H19N3/c1-4-17-10-13(9-16-17)14-7-11(2)5-6-12(14)8-15-3/h5-7,9-10,15H,4,8H2,1-3H3. The number of nitrogens with zero attached hydrogens (tertiary/aromatic N) is 2. The van der Waals surface area contributed by atoms with E-state index in [1.807, 2.05) is 17.9 Å². The molecule has 3 nitrogen and oxygen atoms in total. The van der Waals surface area contributed by atoms with Gasteiger partial charge in [0.1, 0.15) is 0 Å². The highest BCUT2D eigenvalue weighted by atomic mass is 15.3. The van der Waals surface area contributed by atoms with Gasteiger partial charge in [-0.25, -0.2) is 0 Å². The average Bonchev–Trinajstić information content (AvgIpc) is 2.80. The van der Waals surface area contributed by atoms with Crippen LogP contribution in [0, 0.1) is 6.92 Å². The fraction of sp³-hybridized carbons (Fsp3) is 0.357. The van der Waals surface area contributed by atoms with E-state index in [0.717, 1.165) is 13.1 Å². The SMILES string of the molecule is CCn1cc(-c2cc(C)ccc2CNC)cn1. The van der Waals surface area contributed by atoms with Gasteiger partial charge in [-0.2, -0.15) is 5.10 Å². The molecule has 0 saturated carbocycles. The van der Waals surface area contributed by atoms with Crippen LogP contribution in [0.4, 0.5) is 0 Å². The Balaban J connectivity index is 2.44. The Kier molecular flexibility index (Phi) is 3.59. The summed E-state index contributed by atoms with van der Waals surface area (Å²) in [7, 11) is 1.97. The van der Waals surface area contributed by atoms with Crippen molar-refractivity contribution in [1.29, 1.82) is 0 Å². The van der Waals surface area contributed by atoms with Gasteiger partial charge >= 0.3 is 0 Å². The van der Waals surface area contributed by atoms with Gasteiger partial charge < -0.3 is 5.32 Å². The number of hydrogen-bond donors (Lipinski definition) is 1. The van der Waals surface area contributed by atoms with Gasteiger partial charge in [-0.3, -0.25) is 4.68 Å². The predicted octanol–water partition coefficient (Wildman–Crippen LogP) is 2.60. The monoisotopic (exact) mass is 229 g/mol. The number of aromatic nitrogens is 2. The summed E-state index contributed by atoms with van der Waals surface area (Å²) in [4.78, 5) is 0. The van der Waals surface area contributed by atoms with E-state index in [0.29, 0.717) is 0 Å². The van der Waals surface area contributed by atoms with Crippen LogP contribution in [-0.4, -0.2) is 16.8 Å². The van der Waals surface area contributed by atoms with E-state index >= 15 is 0 Å². The lowest BCUT2D eigenvalue weighted by atomic mass is 10.00. The summed E-state index contributed by atoms with van der Waals surface area (Å²) >= 11 is 0. The summed E-state index contributed by atoms with van der Waals surface area (Å²) in [5, 5.41) is 7.55. The maximum Gasteiger partial charge on any atom is 0.0568 e. The van der Waals surface area contributed by atoms with E-state index in [9.17, 15) is 0 Å². The van der Waals surface area contributed by atoms with E-state index in [1.165, 1.54) is 22.3 Å². The topological polar surface area (TPSA) is 29.9 Å². The normalized spacial score (nSPS) is 10.8. The number of benzene rings is 1. The summed E-state index contributed by atoms with van der Waals surface area (Å²) in [5.41, 5.74) is 5.07. The molecule has 2 rings (SSSR count). The van der Waals surface area contributed by atoms with E-state index in [2.05, 4.69) is 48.7 Å². The zero-order chi connectivity index (χ0) is 12.3. The molecule has 1 N–H and O–H groups in total. The predicted molar refractivity (Wildman–Crippen MR) is 70.8 cm³/mol. The van der Waals surface area contributed by atoms with Crippen LogP contribution in [0.1, 0.15) is 18.1 Å². The third-order valence-electron chi connectivity index (χ3n) is 2.90. The maximum absolute atomic E-state index is 4.34. The summed E-state index contributed by atoms with van der Waals surface area (Å²) in [6.45, 7) is 6.01. The Bertz CT molecular complexity index is 500. The minimum atomic E-state index is 0.882. The third-order valence-corrected chi connectivity index (χ3v) is 2.90. The first kappa shape index (κ1) is 11.9. The largest absolute Gasteiger partial charge is 0.316 e. The van der Waals surface area contributed by atoms with Crippen molar-refractivity contribution in [1.82, 2.24) is 15.1 Å². The number of nitrogens with one attached hydrogen (secondary N) is 1. The summed E-state index contributed by atoms with van der Waals surface area (Å²) in [6, 6.07) is 6.56. The second-order valence-corrected chi connectivity index (χ2v) is 4.28. The van der Waals surface area contributed by atoms with Crippen molar-refractivity contribution in [3.05, 3.63) is 41.7 Å². The molecule has 0 atom stereocenters. The molecule has 0 saturated heterocycles. The molecule has 0 amide bonds. The van der Waals surface area contributed by atoms with Crippen LogP contribution in [0.3, 0.4) is 0 Å². The Labute approximate surface area is 102 Å². The van der Waals surface area contributed by atoms with E-state index in [-0.39, 0.29) is 0 Å². The highest BCUT2D eigenvalue weighted by molar-refractivity contribution is 5.66. The van der Waals surface area contributed by atoms with Crippen LogP contribution in [0.2, 0.25) is 0 Å². The highest BCUT2D eigenvalue weighted by Gasteiger charge is 2.07. The number of aryl methyl sites for hydroxylation is 2. The molecule has 0 aliphatic rings. The molecule has 17 heavy (non-hydrogen) atoms. The lowest BCUT2D eigenvalue weighted by Crippen LogP contribution is -2.06. The number of hydrogen-bond acceptors (Lipinski definition) is 2. The first-order valence-corrected chi connectivity index (χ1v) is 6.01. The van der Waals surface area contributed by atoms with Gasteiger partial charge in [-0.1, -0.05) is 23.8 Å². The second kappa shape index (κ2) is 5.15. The number of rotatable bonds is 4. The van der Waals surface area contributed by atoms with Crippen LogP contribution >= 0.6 is 0 Å². The summed E-state index contributed by atoms with van der Waals surface area (Å²) in [5.74, 6) is 0. The molecular formula is C14H19N3. The molecule has 1 aromatic carbocycles. The average molecular weight is 229 g/mol. The molecule has 2 aromatic rings. The van der Waals surface area contributed by atoms with Crippen LogP contribution in [0.25, 0.3) is 11.1 Å². The molecule has 0 aliphatic heterocycles. The molecule has 1 heterocycles. The minimum Gasteiger partial charge on any atom is -0.316 e. The molecule has 3 heteroatoms. The Hall–Kier alpha value is -1.61. The molecule has 0 aliphatic carbocycles. The molecule has 0 unspecified atom stereocenters. The lowest BCUT2D eigenvalue weighted by molar-refractivity contribution is 0.660. The molecule has 90 valence electrons. The van der Waals surface area contributed by atoms with Crippen molar-refractivity contribution in [3.8, 4) is 11.1 Å². The zero-order valence-corrected chi connectivity index (χ0v) is 10.7. The van der Waals surface area contributed by atoms with E-state index in [4.69, 9.17) is 0 Å². The van der Waals surface area contributed by atoms with Gasteiger partial charge in [0, 0.05) is 24.8 Å². The Morgan fingerprint density at radius 1 is 1.35 bits per heavy atom. The quantitative estimate of drug-likeness (QED) is 0.873. The second-order valence-electron chi connectivity index (χ2n) is 4.28. The Morgan fingerprint density at radius 3 is 2.82 bits per heavy atom. The molecule has 0 fully saturated rings. The molecule has 0 spiro atoms. The van der Waals surface area contributed by atoms with Crippen molar-refractivity contribution < 1.29 is 0 Å². The molecule has 0 bridgehead atoms. The van der Waals surface area contributed by atoms with Crippen LogP contribution in [-0.2, 0) is 13.1 Å². The van der Waals surface area contributed by atoms with Crippen LogP contribution in [0.5, 0.6) is 0 Å². The van der Waals surface area contributed by atoms with Gasteiger partial charge in [-0.05, 0) is 32.0 Å². The van der Waals surface area contributed by atoms with Crippen LogP contribution < -0.4 is 5.32 Å². The molecular weight excluding hydrogens is 210 g/mol. The first-order chi connectivity index (χ1) is 8.24.